The van der Waals surface area contributed by atoms with Crippen molar-refractivity contribution in [3.8, 4) is 0 Å². The monoisotopic (exact) mass is 357 g/mol. The predicted molar refractivity (Wildman–Crippen MR) is 80.2 cm³/mol. The lowest BCUT2D eigenvalue weighted by atomic mass is 9.90. The SMILES string of the molecule is CCOC(=O)C1(C)CCN(c2ncc([N+](=O)[O-])cc2Br)C1. The molecular formula is C13H16BrN3O4. The number of hydrogen-bond donors (Lipinski definition) is 0. The van der Waals surface area contributed by atoms with E-state index in [1.54, 1.807) is 6.92 Å². The predicted octanol–water partition coefficient (Wildman–Crippen LogP) is 2.53. The maximum absolute atomic E-state index is 12.0. The van der Waals surface area contributed by atoms with Crippen molar-refractivity contribution >= 4 is 33.4 Å². The largest absolute Gasteiger partial charge is 0.466 e. The fourth-order valence-corrected chi connectivity index (χ4v) is 2.95. The third-order valence-electron chi connectivity index (χ3n) is 3.56. The molecule has 1 saturated heterocycles. The number of pyridine rings is 1. The van der Waals surface area contributed by atoms with Crippen molar-refractivity contribution in [1.29, 1.82) is 0 Å². The Morgan fingerprint density at radius 3 is 2.95 bits per heavy atom. The van der Waals surface area contributed by atoms with Gasteiger partial charge in [-0.1, -0.05) is 0 Å². The van der Waals surface area contributed by atoms with Gasteiger partial charge >= 0.3 is 5.97 Å². The lowest BCUT2D eigenvalue weighted by Gasteiger charge is -2.23. The van der Waals surface area contributed by atoms with Crippen molar-refractivity contribution in [2.75, 3.05) is 24.6 Å². The number of halogens is 1. The summed E-state index contributed by atoms with van der Waals surface area (Å²) in [5, 5.41) is 10.7. The number of esters is 1. The van der Waals surface area contributed by atoms with E-state index in [1.807, 2.05) is 11.8 Å². The van der Waals surface area contributed by atoms with Crippen LogP contribution in [0.25, 0.3) is 0 Å². The first-order valence-electron chi connectivity index (χ1n) is 6.59. The molecule has 21 heavy (non-hydrogen) atoms. The Kier molecular flexibility index (Phi) is 4.46. The maximum Gasteiger partial charge on any atom is 0.313 e. The van der Waals surface area contributed by atoms with Crippen molar-refractivity contribution in [3.63, 3.8) is 0 Å². The van der Waals surface area contributed by atoms with Gasteiger partial charge in [0.15, 0.2) is 0 Å². The zero-order valence-electron chi connectivity index (χ0n) is 11.8. The molecule has 0 bridgehead atoms. The number of carbonyl (C=O) groups is 1. The first kappa shape index (κ1) is 15.7. The average Bonchev–Trinajstić information content (AvgIpc) is 2.82. The van der Waals surface area contributed by atoms with Gasteiger partial charge in [0.05, 0.1) is 21.4 Å². The molecular weight excluding hydrogens is 342 g/mol. The van der Waals surface area contributed by atoms with Crippen molar-refractivity contribution in [3.05, 3.63) is 26.9 Å². The lowest BCUT2D eigenvalue weighted by Crippen LogP contribution is -2.33. The smallest absolute Gasteiger partial charge is 0.313 e. The number of hydrogen-bond acceptors (Lipinski definition) is 6. The third-order valence-corrected chi connectivity index (χ3v) is 4.14. The summed E-state index contributed by atoms with van der Waals surface area (Å²) in [6, 6.07) is 1.42. The van der Waals surface area contributed by atoms with E-state index < -0.39 is 10.3 Å². The van der Waals surface area contributed by atoms with Crippen LogP contribution >= 0.6 is 15.9 Å². The van der Waals surface area contributed by atoms with Gasteiger partial charge in [-0.2, -0.15) is 0 Å². The summed E-state index contributed by atoms with van der Waals surface area (Å²) >= 11 is 3.31. The summed E-state index contributed by atoms with van der Waals surface area (Å²) in [6.45, 7) is 5.13. The Labute approximate surface area is 130 Å². The Hall–Kier alpha value is -1.70. The molecule has 1 aromatic rings. The van der Waals surface area contributed by atoms with E-state index in [2.05, 4.69) is 20.9 Å². The zero-order chi connectivity index (χ0) is 15.6. The van der Waals surface area contributed by atoms with Crippen LogP contribution in [-0.2, 0) is 9.53 Å². The summed E-state index contributed by atoms with van der Waals surface area (Å²) in [5.74, 6) is 0.388. The molecule has 0 amide bonds. The fourth-order valence-electron chi connectivity index (χ4n) is 2.37. The molecule has 7 nitrogen and oxygen atoms in total. The van der Waals surface area contributed by atoms with E-state index in [-0.39, 0.29) is 11.7 Å². The molecule has 1 aliphatic heterocycles. The highest BCUT2D eigenvalue weighted by atomic mass is 79.9. The van der Waals surface area contributed by atoms with Crippen LogP contribution in [0.1, 0.15) is 20.3 Å². The second-order valence-electron chi connectivity index (χ2n) is 5.21. The van der Waals surface area contributed by atoms with E-state index in [1.165, 1.54) is 12.3 Å². The van der Waals surface area contributed by atoms with Gasteiger partial charge in [0.25, 0.3) is 5.69 Å². The standard InChI is InChI=1S/C13H16BrN3O4/c1-3-21-12(18)13(2)4-5-16(8-13)11-10(14)6-9(7-15-11)17(19)20/h6-7H,3-5,8H2,1-2H3. The Morgan fingerprint density at radius 2 is 2.38 bits per heavy atom. The van der Waals surface area contributed by atoms with Gasteiger partial charge in [0.2, 0.25) is 0 Å². The van der Waals surface area contributed by atoms with Gasteiger partial charge < -0.3 is 9.64 Å². The molecule has 0 aliphatic carbocycles. The Balaban J connectivity index is 2.18. The molecule has 2 heterocycles. The molecule has 1 fully saturated rings. The summed E-state index contributed by atoms with van der Waals surface area (Å²) in [4.78, 5) is 28.3. The van der Waals surface area contributed by atoms with Crippen LogP contribution in [0.2, 0.25) is 0 Å². The van der Waals surface area contributed by atoms with Gasteiger partial charge in [-0.15, -0.1) is 0 Å². The molecule has 0 N–H and O–H groups in total. The first-order valence-corrected chi connectivity index (χ1v) is 7.39. The van der Waals surface area contributed by atoms with Crippen LogP contribution < -0.4 is 4.90 Å². The molecule has 0 radical (unpaired) electrons. The van der Waals surface area contributed by atoms with Gasteiger partial charge in [-0.05, 0) is 36.2 Å². The molecule has 1 aromatic heterocycles. The first-order chi connectivity index (χ1) is 9.87. The highest BCUT2D eigenvalue weighted by Gasteiger charge is 2.42. The molecule has 0 spiro atoms. The Morgan fingerprint density at radius 1 is 1.67 bits per heavy atom. The number of ether oxygens (including phenoxy) is 1. The summed E-state index contributed by atoms with van der Waals surface area (Å²) in [7, 11) is 0. The number of aromatic nitrogens is 1. The maximum atomic E-state index is 12.0. The van der Waals surface area contributed by atoms with E-state index in [0.29, 0.717) is 36.4 Å². The van der Waals surface area contributed by atoms with Gasteiger partial charge in [0.1, 0.15) is 12.0 Å². The highest BCUT2D eigenvalue weighted by molar-refractivity contribution is 9.10. The van der Waals surface area contributed by atoms with Crippen LogP contribution in [0.15, 0.2) is 16.7 Å². The molecule has 1 atom stereocenters. The molecule has 2 rings (SSSR count). The molecule has 0 saturated carbocycles. The molecule has 0 aromatic carbocycles. The van der Waals surface area contributed by atoms with Crippen molar-refractivity contribution in [2.24, 2.45) is 5.41 Å². The minimum atomic E-state index is -0.571. The second-order valence-corrected chi connectivity index (χ2v) is 6.06. The second kappa shape index (κ2) is 5.97. The highest BCUT2D eigenvalue weighted by Crippen LogP contribution is 2.37. The minimum Gasteiger partial charge on any atom is -0.466 e. The van der Waals surface area contributed by atoms with Crippen LogP contribution in [0, 0.1) is 15.5 Å². The quantitative estimate of drug-likeness (QED) is 0.467. The van der Waals surface area contributed by atoms with Crippen LogP contribution in [0.5, 0.6) is 0 Å². The molecule has 1 unspecified atom stereocenters. The Bertz CT molecular complexity index is 581. The topological polar surface area (TPSA) is 85.6 Å². The summed E-state index contributed by atoms with van der Waals surface area (Å²) < 4.78 is 5.65. The summed E-state index contributed by atoms with van der Waals surface area (Å²) in [5.41, 5.74) is -0.642. The number of rotatable bonds is 4. The summed E-state index contributed by atoms with van der Waals surface area (Å²) in [6.07, 6.45) is 1.89. The van der Waals surface area contributed by atoms with Crippen molar-refractivity contribution < 1.29 is 14.5 Å². The molecule has 8 heteroatoms. The number of nitro groups is 1. The number of anilines is 1. The van der Waals surface area contributed by atoms with Crippen molar-refractivity contribution in [2.45, 2.75) is 20.3 Å². The minimum absolute atomic E-state index is 0.0713. The zero-order valence-corrected chi connectivity index (χ0v) is 13.4. The van der Waals surface area contributed by atoms with Crippen LogP contribution in [-0.4, -0.2) is 35.6 Å². The average molecular weight is 358 g/mol. The number of nitrogens with zero attached hydrogens (tertiary/aromatic N) is 3. The van der Waals surface area contributed by atoms with Gasteiger partial charge in [-0.25, -0.2) is 4.98 Å². The lowest BCUT2D eigenvalue weighted by molar-refractivity contribution is -0.385. The van der Waals surface area contributed by atoms with E-state index in [9.17, 15) is 14.9 Å². The molecule has 114 valence electrons. The fraction of sp³-hybridized carbons (Fsp3) is 0.538. The van der Waals surface area contributed by atoms with E-state index in [0.717, 1.165) is 0 Å². The normalized spacial score (nSPS) is 21.4. The number of carbonyl (C=O) groups excluding carboxylic acids is 1. The van der Waals surface area contributed by atoms with Gasteiger partial charge in [-0.3, -0.25) is 14.9 Å². The van der Waals surface area contributed by atoms with Gasteiger partial charge in [0, 0.05) is 19.2 Å². The van der Waals surface area contributed by atoms with E-state index >= 15 is 0 Å². The third kappa shape index (κ3) is 3.15. The molecule has 1 aliphatic rings. The van der Waals surface area contributed by atoms with Crippen molar-refractivity contribution in [1.82, 2.24) is 4.98 Å². The van der Waals surface area contributed by atoms with Crippen LogP contribution in [0.4, 0.5) is 11.5 Å². The van der Waals surface area contributed by atoms with E-state index in [4.69, 9.17) is 4.74 Å². The van der Waals surface area contributed by atoms with Crippen LogP contribution in [0.3, 0.4) is 0 Å².